The summed E-state index contributed by atoms with van der Waals surface area (Å²) >= 11 is 19.3. The van der Waals surface area contributed by atoms with Crippen molar-refractivity contribution in [3.05, 3.63) is 20.3 Å². The first-order valence-electron chi connectivity index (χ1n) is 5.22. The number of alkyl halides is 1. The molecule has 1 aliphatic heterocycles. The van der Waals surface area contributed by atoms with Crippen molar-refractivity contribution in [2.75, 3.05) is 5.75 Å². The number of sulfone groups is 1. The Balaban J connectivity index is 2.31. The highest BCUT2D eigenvalue weighted by Gasteiger charge is 2.36. The largest absolute Gasteiger partial charge is 0.228 e. The van der Waals surface area contributed by atoms with Gasteiger partial charge in [-0.25, -0.2) is 8.42 Å². The maximum absolute atomic E-state index is 12.0. The molecule has 2 rings (SSSR count). The minimum atomic E-state index is -3.11. The van der Waals surface area contributed by atoms with Crippen molar-refractivity contribution in [3.8, 4) is 0 Å². The normalized spacial score (nSPS) is 25.7. The molecule has 0 bridgehead atoms. The average molecular weight is 334 g/mol. The van der Waals surface area contributed by atoms with E-state index in [4.69, 9.17) is 34.8 Å². The molecule has 0 spiro atoms. The molecule has 1 aromatic rings. The lowest BCUT2D eigenvalue weighted by atomic mass is 10.1. The predicted molar refractivity (Wildman–Crippen MR) is 74.4 cm³/mol. The maximum atomic E-state index is 12.0. The van der Waals surface area contributed by atoms with Gasteiger partial charge in [-0.1, -0.05) is 29.6 Å². The minimum Gasteiger partial charge on any atom is -0.228 e. The van der Waals surface area contributed by atoms with Crippen LogP contribution >= 0.6 is 46.1 Å². The van der Waals surface area contributed by atoms with E-state index in [1.54, 1.807) is 6.07 Å². The van der Waals surface area contributed by atoms with Gasteiger partial charge in [0.05, 0.1) is 25.1 Å². The molecule has 17 heavy (non-hydrogen) atoms. The van der Waals surface area contributed by atoms with E-state index in [2.05, 4.69) is 0 Å². The van der Waals surface area contributed by atoms with Crippen molar-refractivity contribution in [3.63, 3.8) is 0 Å². The summed E-state index contributed by atoms with van der Waals surface area (Å²) < 4.78 is 24.9. The van der Waals surface area contributed by atoms with Crippen LogP contribution in [0.1, 0.15) is 30.2 Å². The van der Waals surface area contributed by atoms with E-state index in [0.29, 0.717) is 20.7 Å². The molecule has 0 amide bonds. The molecule has 2 nitrogen and oxygen atoms in total. The molecule has 0 saturated carbocycles. The van der Waals surface area contributed by atoms with Crippen LogP contribution in [0.25, 0.3) is 0 Å². The van der Waals surface area contributed by atoms with Gasteiger partial charge in [0, 0.05) is 5.56 Å². The molecule has 0 aromatic carbocycles. The van der Waals surface area contributed by atoms with E-state index in [-0.39, 0.29) is 5.75 Å². The molecule has 2 atom stereocenters. The van der Waals surface area contributed by atoms with E-state index in [1.807, 2.05) is 0 Å². The van der Waals surface area contributed by atoms with Gasteiger partial charge in [0.15, 0.2) is 9.84 Å². The fourth-order valence-electron chi connectivity index (χ4n) is 2.05. The molecule has 1 aromatic heterocycles. The van der Waals surface area contributed by atoms with E-state index in [1.165, 1.54) is 11.3 Å². The van der Waals surface area contributed by atoms with Crippen LogP contribution in [0.3, 0.4) is 0 Å². The molecule has 0 aliphatic carbocycles. The minimum absolute atomic E-state index is 0.219. The first-order valence-corrected chi connectivity index (χ1v) is 8.94. The lowest BCUT2D eigenvalue weighted by molar-refractivity contribution is 0.534. The summed E-state index contributed by atoms with van der Waals surface area (Å²) in [6.07, 6.45) is 2.21. The molecule has 96 valence electrons. The highest BCUT2D eigenvalue weighted by atomic mass is 35.5. The number of hydrogen-bond donors (Lipinski definition) is 0. The highest BCUT2D eigenvalue weighted by Crippen LogP contribution is 2.42. The second-order valence-electron chi connectivity index (χ2n) is 4.08. The molecule has 1 aliphatic rings. The van der Waals surface area contributed by atoms with Gasteiger partial charge in [-0.2, -0.15) is 0 Å². The van der Waals surface area contributed by atoms with Crippen LogP contribution in [-0.2, 0) is 9.84 Å². The molecule has 2 unspecified atom stereocenters. The summed E-state index contributed by atoms with van der Waals surface area (Å²) in [4.78, 5) is 0. The zero-order valence-corrected chi connectivity index (χ0v) is 12.7. The maximum Gasteiger partial charge on any atom is 0.154 e. The van der Waals surface area contributed by atoms with Crippen LogP contribution in [0.2, 0.25) is 8.67 Å². The zero-order valence-electron chi connectivity index (χ0n) is 8.83. The zero-order chi connectivity index (χ0) is 12.6. The van der Waals surface area contributed by atoms with E-state index in [9.17, 15) is 8.42 Å². The Kier molecular flexibility index (Phi) is 4.31. The molecule has 2 heterocycles. The Morgan fingerprint density at radius 2 is 2.06 bits per heavy atom. The van der Waals surface area contributed by atoms with Crippen molar-refractivity contribution >= 4 is 56.0 Å². The number of hydrogen-bond acceptors (Lipinski definition) is 3. The third kappa shape index (κ3) is 2.92. The van der Waals surface area contributed by atoms with E-state index >= 15 is 0 Å². The van der Waals surface area contributed by atoms with Crippen LogP contribution in [-0.4, -0.2) is 19.4 Å². The van der Waals surface area contributed by atoms with Crippen LogP contribution in [0.4, 0.5) is 0 Å². The molecule has 1 fully saturated rings. The van der Waals surface area contributed by atoms with Crippen LogP contribution in [0.15, 0.2) is 6.07 Å². The van der Waals surface area contributed by atoms with Gasteiger partial charge in [-0.05, 0) is 18.9 Å². The van der Waals surface area contributed by atoms with Gasteiger partial charge in [-0.15, -0.1) is 22.9 Å². The summed E-state index contributed by atoms with van der Waals surface area (Å²) in [5.41, 5.74) is 0.638. The molecule has 0 radical (unpaired) electrons. The number of halogens is 3. The number of thiophene rings is 1. The fraction of sp³-hybridized carbons (Fsp3) is 0.600. The Bertz CT molecular complexity index is 510. The average Bonchev–Trinajstić information content (AvgIpc) is 2.56. The predicted octanol–water partition coefficient (Wildman–Crippen LogP) is 4.30. The summed E-state index contributed by atoms with van der Waals surface area (Å²) in [6, 6.07) is 1.66. The highest BCUT2D eigenvalue weighted by molar-refractivity contribution is 7.92. The SMILES string of the molecule is O=S1(=O)CCCCC1C(Cl)c1cc(Cl)sc1Cl. The summed E-state index contributed by atoms with van der Waals surface area (Å²) in [6.45, 7) is 0. The summed E-state index contributed by atoms with van der Waals surface area (Å²) in [5.74, 6) is 0.219. The lowest BCUT2D eigenvalue weighted by Gasteiger charge is -2.26. The van der Waals surface area contributed by atoms with Gasteiger partial charge in [-0.3, -0.25) is 0 Å². The monoisotopic (exact) mass is 332 g/mol. The Morgan fingerprint density at radius 3 is 2.59 bits per heavy atom. The third-order valence-corrected chi connectivity index (χ3v) is 7.43. The van der Waals surface area contributed by atoms with Gasteiger partial charge in [0.1, 0.15) is 0 Å². The van der Waals surface area contributed by atoms with Crippen molar-refractivity contribution in [2.24, 2.45) is 0 Å². The summed E-state index contributed by atoms with van der Waals surface area (Å²) in [7, 11) is -3.11. The van der Waals surface area contributed by atoms with E-state index in [0.717, 1.165) is 12.8 Å². The molecular formula is C10H11Cl3O2S2. The summed E-state index contributed by atoms with van der Waals surface area (Å²) in [5, 5.41) is -1.14. The third-order valence-electron chi connectivity index (χ3n) is 2.94. The second kappa shape index (κ2) is 5.25. The van der Waals surface area contributed by atoms with Gasteiger partial charge >= 0.3 is 0 Å². The lowest BCUT2D eigenvalue weighted by Crippen LogP contribution is -2.31. The Hall–Kier alpha value is 0.520. The molecule has 1 saturated heterocycles. The van der Waals surface area contributed by atoms with Crippen molar-refractivity contribution in [2.45, 2.75) is 29.9 Å². The smallest absolute Gasteiger partial charge is 0.154 e. The first kappa shape index (κ1) is 13.9. The Labute approximate surface area is 120 Å². The van der Waals surface area contributed by atoms with E-state index < -0.39 is 20.5 Å². The van der Waals surface area contributed by atoms with Crippen LogP contribution in [0, 0.1) is 0 Å². The first-order chi connectivity index (χ1) is 7.92. The molecular weight excluding hydrogens is 323 g/mol. The molecule has 0 N–H and O–H groups in total. The van der Waals surface area contributed by atoms with Crippen LogP contribution in [0.5, 0.6) is 0 Å². The van der Waals surface area contributed by atoms with Crippen molar-refractivity contribution in [1.29, 1.82) is 0 Å². The van der Waals surface area contributed by atoms with Gasteiger partial charge in [0.2, 0.25) is 0 Å². The standard InChI is InChI=1S/C10H11Cl3O2S2/c11-8-5-6(10(13)16-8)9(12)7-3-1-2-4-17(7,14)15/h5,7,9H,1-4H2. The topological polar surface area (TPSA) is 34.1 Å². The van der Waals surface area contributed by atoms with Gasteiger partial charge in [0.25, 0.3) is 0 Å². The number of rotatable bonds is 2. The van der Waals surface area contributed by atoms with Gasteiger partial charge < -0.3 is 0 Å². The quantitative estimate of drug-likeness (QED) is 0.756. The second-order valence-corrected chi connectivity index (χ2v) is 9.18. The van der Waals surface area contributed by atoms with Crippen molar-refractivity contribution in [1.82, 2.24) is 0 Å². The fourth-order valence-corrected chi connectivity index (χ4v) is 6.43. The van der Waals surface area contributed by atoms with Crippen LogP contribution < -0.4 is 0 Å². The van der Waals surface area contributed by atoms with Crippen molar-refractivity contribution < 1.29 is 8.42 Å². The Morgan fingerprint density at radius 1 is 1.35 bits per heavy atom. The molecule has 7 heteroatoms.